The van der Waals surface area contributed by atoms with E-state index in [-0.39, 0.29) is 17.8 Å². The van der Waals surface area contributed by atoms with Crippen LogP contribution in [-0.2, 0) is 9.53 Å². The van der Waals surface area contributed by atoms with Crippen molar-refractivity contribution in [2.24, 2.45) is 0 Å². The van der Waals surface area contributed by atoms with Crippen molar-refractivity contribution >= 4 is 34.3 Å². The predicted molar refractivity (Wildman–Crippen MR) is 68.5 cm³/mol. The maximum absolute atomic E-state index is 11.7. The van der Waals surface area contributed by atoms with Gasteiger partial charge in [-0.3, -0.25) is 4.79 Å². The summed E-state index contributed by atoms with van der Waals surface area (Å²) in [5.74, 6) is -2.12. The standard InChI is InChI=1S/C13H9ClO5/c1-2-18-13(17)11(15)9-6-7-5-8(14)3-4-10(7)19-12(9)16/h3-6H,2H2,1H3. The van der Waals surface area contributed by atoms with Crippen LogP contribution in [0.25, 0.3) is 11.0 Å². The van der Waals surface area contributed by atoms with Crippen LogP contribution in [0, 0.1) is 0 Å². The highest BCUT2D eigenvalue weighted by molar-refractivity contribution is 6.40. The van der Waals surface area contributed by atoms with Crippen LogP contribution in [0.1, 0.15) is 17.3 Å². The monoisotopic (exact) mass is 280 g/mol. The van der Waals surface area contributed by atoms with Gasteiger partial charge in [0.05, 0.1) is 6.61 Å². The van der Waals surface area contributed by atoms with Crippen molar-refractivity contribution < 1.29 is 18.7 Å². The lowest BCUT2D eigenvalue weighted by atomic mass is 10.1. The van der Waals surface area contributed by atoms with Gasteiger partial charge in [-0.1, -0.05) is 11.6 Å². The molecule has 0 fully saturated rings. The van der Waals surface area contributed by atoms with E-state index in [1.54, 1.807) is 13.0 Å². The molecule has 2 rings (SSSR count). The fourth-order valence-corrected chi connectivity index (χ4v) is 1.74. The van der Waals surface area contributed by atoms with Gasteiger partial charge in [0.25, 0.3) is 5.78 Å². The molecule has 0 spiro atoms. The number of hydrogen-bond donors (Lipinski definition) is 0. The van der Waals surface area contributed by atoms with Gasteiger partial charge in [0.1, 0.15) is 11.1 Å². The number of halogens is 1. The van der Waals surface area contributed by atoms with Crippen molar-refractivity contribution in [3.63, 3.8) is 0 Å². The summed E-state index contributed by atoms with van der Waals surface area (Å²) in [4.78, 5) is 34.7. The largest absolute Gasteiger partial charge is 0.460 e. The summed E-state index contributed by atoms with van der Waals surface area (Å²) >= 11 is 5.81. The molecule has 0 saturated carbocycles. The zero-order valence-corrected chi connectivity index (χ0v) is 10.7. The van der Waals surface area contributed by atoms with Gasteiger partial charge < -0.3 is 9.15 Å². The topological polar surface area (TPSA) is 73.6 Å². The summed E-state index contributed by atoms with van der Waals surface area (Å²) in [6, 6.07) is 5.87. The second kappa shape index (κ2) is 5.24. The number of carbonyl (C=O) groups excluding carboxylic acids is 2. The molecule has 5 nitrogen and oxygen atoms in total. The maximum atomic E-state index is 11.7. The molecule has 0 aliphatic carbocycles. The number of ether oxygens (including phenoxy) is 1. The number of esters is 1. The van der Waals surface area contributed by atoms with Gasteiger partial charge >= 0.3 is 11.6 Å². The zero-order valence-electron chi connectivity index (χ0n) is 9.94. The summed E-state index contributed by atoms with van der Waals surface area (Å²) < 4.78 is 9.51. The first-order chi connectivity index (χ1) is 9.02. The van der Waals surface area contributed by atoms with E-state index in [0.29, 0.717) is 10.4 Å². The van der Waals surface area contributed by atoms with Gasteiger partial charge in [-0.25, -0.2) is 9.59 Å². The Morgan fingerprint density at radius 3 is 2.74 bits per heavy atom. The molecule has 0 atom stereocenters. The molecule has 1 heterocycles. The van der Waals surface area contributed by atoms with Crippen LogP contribution in [0.5, 0.6) is 0 Å². The summed E-state index contributed by atoms with van der Waals surface area (Å²) in [6.45, 7) is 1.61. The molecular formula is C13H9ClO5. The van der Waals surface area contributed by atoms with Crippen LogP contribution < -0.4 is 5.63 Å². The van der Waals surface area contributed by atoms with Crippen LogP contribution in [-0.4, -0.2) is 18.4 Å². The van der Waals surface area contributed by atoms with Crippen molar-refractivity contribution in [1.82, 2.24) is 0 Å². The van der Waals surface area contributed by atoms with Crippen molar-refractivity contribution in [2.45, 2.75) is 6.92 Å². The Balaban J connectivity index is 2.55. The number of carbonyl (C=O) groups is 2. The van der Waals surface area contributed by atoms with E-state index in [4.69, 9.17) is 16.0 Å². The van der Waals surface area contributed by atoms with E-state index in [1.165, 1.54) is 18.2 Å². The minimum Gasteiger partial charge on any atom is -0.460 e. The molecule has 0 unspecified atom stereocenters. The minimum absolute atomic E-state index is 0.0509. The van der Waals surface area contributed by atoms with Crippen LogP contribution in [0.2, 0.25) is 5.02 Å². The average molecular weight is 281 g/mol. The first-order valence-electron chi connectivity index (χ1n) is 5.47. The van der Waals surface area contributed by atoms with Gasteiger partial charge in [-0.15, -0.1) is 0 Å². The Kier molecular flexibility index (Phi) is 3.66. The molecule has 1 aromatic carbocycles. The lowest BCUT2D eigenvalue weighted by Crippen LogP contribution is -2.23. The number of Topliss-reactive ketones (excluding diaryl/α,β-unsaturated/α-hetero) is 1. The molecule has 0 aliphatic rings. The Morgan fingerprint density at radius 1 is 1.32 bits per heavy atom. The Labute approximate surface area is 112 Å². The molecule has 98 valence electrons. The minimum atomic E-state index is -1.09. The number of rotatable bonds is 3. The fourth-order valence-electron chi connectivity index (χ4n) is 1.56. The molecule has 2 aromatic rings. The molecular weight excluding hydrogens is 272 g/mol. The highest BCUT2D eigenvalue weighted by Crippen LogP contribution is 2.19. The lowest BCUT2D eigenvalue weighted by Gasteiger charge is -2.02. The van der Waals surface area contributed by atoms with Gasteiger partial charge in [0, 0.05) is 10.4 Å². The smallest absolute Gasteiger partial charge is 0.379 e. The number of ketones is 1. The number of hydrogen-bond acceptors (Lipinski definition) is 5. The summed E-state index contributed by atoms with van der Waals surface area (Å²) in [5, 5.41) is 0.885. The Hall–Kier alpha value is -2.14. The average Bonchev–Trinajstić information content (AvgIpc) is 2.38. The molecule has 0 aliphatic heterocycles. The second-order valence-corrected chi connectivity index (χ2v) is 4.12. The Bertz CT molecular complexity index is 717. The van der Waals surface area contributed by atoms with Gasteiger partial charge in [-0.05, 0) is 31.2 Å². The molecule has 19 heavy (non-hydrogen) atoms. The predicted octanol–water partition coefficient (Wildman–Crippen LogP) is 2.19. The van der Waals surface area contributed by atoms with E-state index in [0.717, 1.165) is 0 Å². The highest BCUT2D eigenvalue weighted by atomic mass is 35.5. The summed E-state index contributed by atoms with van der Waals surface area (Å²) in [7, 11) is 0. The molecule has 0 radical (unpaired) electrons. The van der Waals surface area contributed by atoms with Gasteiger partial charge in [-0.2, -0.15) is 0 Å². The van der Waals surface area contributed by atoms with Crippen LogP contribution in [0.15, 0.2) is 33.5 Å². The molecule has 1 aromatic heterocycles. The number of benzene rings is 1. The third-order valence-electron chi connectivity index (χ3n) is 2.40. The highest BCUT2D eigenvalue weighted by Gasteiger charge is 2.22. The number of fused-ring (bicyclic) bond motifs is 1. The summed E-state index contributed by atoms with van der Waals surface area (Å²) in [5.41, 5.74) is -0.962. The van der Waals surface area contributed by atoms with Gasteiger partial charge in [0.2, 0.25) is 0 Å². The first-order valence-corrected chi connectivity index (χ1v) is 5.85. The van der Waals surface area contributed by atoms with Crippen molar-refractivity contribution in [3.05, 3.63) is 45.3 Å². The quantitative estimate of drug-likeness (QED) is 0.373. The maximum Gasteiger partial charge on any atom is 0.379 e. The second-order valence-electron chi connectivity index (χ2n) is 3.68. The molecule has 0 amide bonds. The van der Waals surface area contributed by atoms with Crippen molar-refractivity contribution in [3.8, 4) is 0 Å². The first kappa shape index (κ1) is 13.3. The van der Waals surface area contributed by atoms with Crippen molar-refractivity contribution in [2.75, 3.05) is 6.61 Å². The SMILES string of the molecule is CCOC(=O)C(=O)c1cc2cc(Cl)ccc2oc1=O. The van der Waals surface area contributed by atoms with E-state index in [1.807, 2.05) is 0 Å². The third-order valence-corrected chi connectivity index (χ3v) is 2.63. The van der Waals surface area contributed by atoms with E-state index >= 15 is 0 Å². The van der Waals surface area contributed by atoms with Crippen LogP contribution in [0.3, 0.4) is 0 Å². The van der Waals surface area contributed by atoms with Gasteiger partial charge in [0.15, 0.2) is 0 Å². The zero-order chi connectivity index (χ0) is 14.0. The molecule has 0 saturated heterocycles. The third kappa shape index (κ3) is 2.66. The fraction of sp³-hybridized carbons (Fsp3) is 0.154. The molecule has 0 bridgehead atoms. The molecule has 6 heteroatoms. The lowest BCUT2D eigenvalue weighted by molar-refractivity contribution is -0.137. The summed E-state index contributed by atoms with van der Waals surface area (Å²) in [6.07, 6.45) is 0. The normalized spacial score (nSPS) is 10.4. The Morgan fingerprint density at radius 2 is 2.05 bits per heavy atom. The molecule has 0 N–H and O–H groups in total. The van der Waals surface area contributed by atoms with E-state index < -0.39 is 17.4 Å². The van der Waals surface area contributed by atoms with E-state index in [2.05, 4.69) is 4.74 Å². The van der Waals surface area contributed by atoms with Crippen LogP contribution in [0.4, 0.5) is 0 Å². The van der Waals surface area contributed by atoms with Crippen molar-refractivity contribution in [1.29, 1.82) is 0 Å². The van der Waals surface area contributed by atoms with E-state index in [9.17, 15) is 14.4 Å². The van der Waals surface area contributed by atoms with Crippen LogP contribution >= 0.6 is 11.6 Å².